The number of benzene rings is 2. The lowest BCUT2D eigenvalue weighted by molar-refractivity contribution is -0.347. The summed E-state index contributed by atoms with van der Waals surface area (Å²) in [7, 11) is 0. The van der Waals surface area contributed by atoms with Gasteiger partial charge in [0.2, 0.25) is 11.4 Å². The second kappa shape index (κ2) is 28.7. The summed E-state index contributed by atoms with van der Waals surface area (Å²) in [5.74, 6) is 9.55. The summed E-state index contributed by atoms with van der Waals surface area (Å²) in [6, 6.07) is 13.6. The number of nitrogens with zero attached hydrogens (tertiary/aromatic N) is 1. The zero-order valence-corrected chi connectivity index (χ0v) is 37.2. The van der Waals surface area contributed by atoms with Crippen LogP contribution in [0.3, 0.4) is 0 Å². The molecule has 0 bridgehead atoms. The van der Waals surface area contributed by atoms with Crippen molar-refractivity contribution in [1.82, 2.24) is 0 Å². The molecule has 0 spiro atoms. The van der Waals surface area contributed by atoms with E-state index in [0.29, 0.717) is 0 Å². The van der Waals surface area contributed by atoms with Gasteiger partial charge in [0.15, 0.2) is 0 Å². The molecule has 0 fully saturated rings. The van der Waals surface area contributed by atoms with Gasteiger partial charge in [0, 0.05) is 16.7 Å². The fourth-order valence-corrected chi connectivity index (χ4v) is 8.98. The maximum absolute atomic E-state index is 9.55. The molecule has 0 unspecified atom stereocenters. The van der Waals surface area contributed by atoms with E-state index in [0.717, 1.165) is 37.1 Å². The molecule has 0 saturated heterocycles. The van der Waals surface area contributed by atoms with E-state index in [-0.39, 0.29) is 0 Å². The molecule has 1 aliphatic rings. The molecule has 2 aromatic rings. The second-order valence-corrected chi connectivity index (χ2v) is 17.6. The van der Waals surface area contributed by atoms with Crippen molar-refractivity contribution in [2.75, 3.05) is 0 Å². The first-order chi connectivity index (χ1) is 26.8. The molecule has 0 amide bonds. The molecule has 0 aliphatic carbocycles. The van der Waals surface area contributed by atoms with Crippen LogP contribution in [0.15, 0.2) is 53.6 Å². The van der Waals surface area contributed by atoms with Gasteiger partial charge in [-0.3, -0.25) is 0 Å². The lowest BCUT2D eigenvalue weighted by atomic mass is 9.90. The highest BCUT2D eigenvalue weighted by molar-refractivity contribution is 6.16. The summed E-state index contributed by atoms with van der Waals surface area (Å²) < 4.78 is 1.78. The Balaban J connectivity index is 1.29. The molecule has 1 aliphatic heterocycles. The quantitative estimate of drug-likeness (QED) is 0.0526. The predicted molar refractivity (Wildman–Crippen MR) is 245 cm³/mol. The minimum absolute atomic E-state index is 1.02. The lowest BCUT2D eigenvalue weighted by Gasteiger charge is -2.10. The first-order valence-electron chi connectivity index (χ1n) is 23.8. The van der Waals surface area contributed by atoms with Crippen LogP contribution in [0.1, 0.15) is 240 Å². The summed E-state index contributed by atoms with van der Waals surface area (Å²) >= 11 is 0. The zero-order chi connectivity index (χ0) is 39.5. The molecule has 55 heavy (non-hydrogen) atoms. The second-order valence-electron chi connectivity index (χ2n) is 17.6. The number of hydrogen-bond acceptors (Lipinski definition) is 0. The largest absolute Gasteiger partial charge is 0.448 e. The van der Waals surface area contributed by atoms with Gasteiger partial charge in [-0.15, -0.1) is 0 Å². The van der Waals surface area contributed by atoms with Crippen molar-refractivity contribution >= 4 is 11.4 Å². The van der Waals surface area contributed by atoms with Crippen LogP contribution in [0.25, 0.3) is 11.5 Å². The highest BCUT2D eigenvalue weighted by Crippen LogP contribution is 2.38. The molecule has 0 aromatic heterocycles. The Kier molecular flexibility index (Phi) is 24.4. The number of aryl methyl sites for hydroxylation is 4. The van der Waals surface area contributed by atoms with Gasteiger partial charge in [0.05, 0.1) is 5.57 Å². The Labute approximate surface area is 341 Å². The molecule has 1 N–H and O–H groups in total. The molecule has 308 valence electrons. The molecular weight excluding hydrogens is 665 g/mol. The molecular formula is C53H86N2. The maximum atomic E-state index is 9.55. The van der Waals surface area contributed by atoms with Crippen molar-refractivity contribution in [3.8, 4) is 0 Å². The number of nitrogens with one attached hydrogen (secondary N) is 1. The third-order valence-corrected chi connectivity index (χ3v) is 12.0. The molecule has 3 rings (SSSR count). The monoisotopic (exact) mass is 751 g/mol. The van der Waals surface area contributed by atoms with Gasteiger partial charge < -0.3 is 5.84 Å². The van der Waals surface area contributed by atoms with Crippen molar-refractivity contribution in [3.05, 3.63) is 92.8 Å². The minimum atomic E-state index is 1.02. The molecule has 0 atom stereocenters. The van der Waals surface area contributed by atoms with E-state index in [9.17, 15) is 5.84 Å². The predicted octanol–water partition coefficient (Wildman–Crippen LogP) is 17.8. The average Bonchev–Trinajstić information content (AvgIpc) is 3.43. The van der Waals surface area contributed by atoms with Crippen LogP contribution in [0.5, 0.6) is 0 Å². The van der Waals surface area contributed by atoms with Crippen molar-refractivity contribution in [2.24, 2.45) is 0 Å². The summed E-state index contributed by atoms with van der Waals surface area (Å²) in [6.07, 6.45) is 44.2. The zero-order valence-electron chi connectivity index (χ0n) is 37.2. The van der Waals surface area contributed by atoms with Crippen LogP contribution in [-0.4, -0.2) is 10.4 Å². The van der Waals surface area contributed by atoms with Gasteiger partial charge in [-0.05, 0) is 77.6 Å². The van der Waals surface area contributed by atoms with Crippen molar-refractivity contribution in [1.29, 1.82) is 0 Å². The Hall–Kier alpha value is -2.61. The third-order valence-electron chi connectivity index (χ3n) is 12.0. The Morgan fingerprint density at radius 3 is 1.11 bits per heavy atom. The molecule has 2 nitrogen and oxygen atoms in total. The summed E-state index contributed by atoms with van der Waals surface area (Å²) in [5, 5.41) is 0. The highest BCUT2D eigenvalue weighted by Gasteiger charge is 2.35. The topological polar surface area (TPSA) is 26.8 Å². The summed E-state index contributed by atoms with van der Waals surface area (Å²) in [4.78, 5) is 0. The Bertz CT molecular complexity index is 1400. The van der Waals surface area contributed by atoms with Crippen molar-refractivity contribution < 1.29 is 4.68 Å². The van der Waals surface area contributed by atoms with E-state index in [1.165, 1.54) is 211 Å². The number of rotatable bonds is 32. The molecule has 2 heteroatoms. The standard InChI is InChI=1S/C53H86N2/c1-7-9-11-12-13-14-15-16-17-18-19-20-21-22-23-24-25-26-27-28-29-30-31-32-33-34-35-37-51-50(36-10-8-2)52(48-40-44(3)38-45(4)41-48)55(54)53(51)49-42-46(5)39-47(6)43-49/h37-43,54H,7-36H2,1-6H3. The van der Waals surface area contributed by atoms with Crippen molar-refractivity contribution in [2.45, 2.75) is 234 Å². The molecule has 2 aromatic carbocycles. The summed E-state index contributed by atoms with van der Waals surface area (Å²) in [6.45, 7) is 13.3. The highest BCUT2D eigenvalue weighted by atomic mass is 15.3. The fourth-order valence-electron chi connectivity index (χ4n) is 8.98. The summed E-state index contributed by atoms with van der Waals surface area (Å²) in [5.41, 5.74) is 12.3. The van der Waals surface area contributed by atoms with E-state index in [4.69, 9.17) is 0 Å². The molecule has 1 heterocycles. The van der Waals surface area contributed by atoms with E-state index < -0.39 is 0 Å². The minimum Gasteiger partial charge on any atom is -0.448 e. The average molecular weight is 751 g/mol. The lowest BCUT2D eigenvalue weighted by Crippen LogP contribution is -2.12. The van der Waals surface area contributed by atoms with Gasteiger partial charge in [-0.2, -0.15) is 0 Å². The van der Waals surface area contributed by atoms with Gasteiger partial charge >= 0.3 is 0 Å². The SMILES string of the molecule is CCCCCCCCCCCCCCCCCCCCCCCCCCCCC=C1C(CCCC)=C(c2cc(C)cc(C)c2)[N+]([NH-])=C1c1cc(C)cc(C)c1. The number of unbranched alkanes of at least 4 members (excludes halogenated alkanes) is 27. The van der Waals surface area contributed by atoms with Crippen LogP contribution in [0.4, 0.5) is 0 Å². The number of hydrogen-bond donors (Lipinski definition) is 0. The Morgan fingerprint density at radius 2 is 0.745 bits per heavy atom. The first kappa shape index (κ1) is 46.8. The van der Waals surface area contributed by atoms with Gasteiger partial charge in [-0.1, -0.05) is 221 Å². The van der Waals surface area contributed by atoms with E-state index in [1.807, 2.05) is 0 Å². The smallest absolute Gasteiger partial charge is 0.215 e. The van der Waals surface area contributed by atoms with Crippen molar-refractivity contribution in [3.63, 3.8) is 0 Å². The Morgan fingerprint density at radius 1 is 0.418 bits per heavy atom. The van der Waals surface area contributed by atoms with E-state index >= 15 is 0 Å². The van der Waals surface area contributed by atoms with Crippen LogP contribution in [0.2, 0.25) is 0 Å². The van der Waals surface area contributed by atoms with Crippen LogP contribution in [-0.2, 0) is 0 Å². The van der Waals surface area contributed by atoms with Gasteiger partial charge in [-0.25, -0.2) is 4.68 Å². The fraction of sp³-hybridized carbons (Fsp3) is 0.679. The van der Waals surface area contributed by atoms with Crippen LogP contribution in [0, 0.1) is 27.7 Å². The number of allylic oxidation sites excluding steroid dienone is 3. The molecule has 0 radical (unpaired) electrons. The maximum Gasteiger partial charge on any atom is 0.215 e. The third kappa shape index (κ3) is 18.5. The van der Waals surface area contributed by atoms with Gasteiger partial charge in [0.1, 0.15) is 0 Å². The molecule has 0 saturated carbocycles. The van der Waals surface area contributed by atoms with E-state index in [1.54, 1.807) is 4.68 Å². The van der Waals surface area contributed by atoms with Gasteiger partial charge in [0.25, 0.3) is 0 Å². The van der Waals surface area contributed by atoms with E-state index in [2.05, 4.69) is 84.0 Å². The normalized spacial score (nSPS) is 14.0. The van der Waals surface area contributed by atoms with Crippen LogP contribution >= 0.6 is 0 Å². The van der Waals surface area contributed by atoms with Crippen LogP contribution < -0.4 is 0 Å². The first-order valence-corrected chi connectivity index (χ1v) is 23.8.